The highest BCUT2D eigenvalue weighted by Gasteiger charge is 2.15. The summed E-state index contributed by atoms with van der Waals surface area (Å²) in [5.41, 5.74) is 12.5. The first-order chi connectivity index (χ1) is 13.3. The van der Waals surface area contributed by atoms with Crippen molar-refractivity contribution in [1.29, 1.82) is 0 Å². The highest BCUT2D eigenvalue weighted by Crippen LogP contribution is 2.21. The Hall–Kier alpha value is -2.31. The maximum absolute atomic E-state index is 12.4. The first kappa shape index (κ1) is 22.0. The molecule has 0 aliphatic carbocycles. The summed E-state index contributed by atoms with van der Waals surface area (Å²) in [6, 6.07) is 6.62. The van der Waals surface area contributed by atoms with Crippen LogP contribution in [0.25, 0.3) is 0 Å². The minimum Gasteiger partial charge on any atom is -0.370 e. The van der Waals surface area contributed by atoms with Gasteiger partial charge in [0.2, 0.25) is 11.1 Å². The van der Waals surface area contributed by atoms with Gasteiger partial charge in [-0.2, -0.15) is 16.8 Å². The first-order valence-electron chi connectivity index (χ1n) is 8.22. The van der Waals surface area contributed by atoms with Crippen LogP contribution in [-0.2, 0) is 15.8 Å². The number of aliphatic imine (C=N–C) groups is 2. The van der Waals surface area contributed by atoms with Crippen molar-refractivity contribution in [1.82, 2.24) is 15.0 Å². The molecule has 28 heavy (non-hydrogen) atoms. The van der Waals surface area contributed by atoms with E-state index in [9.17, 15) is 8.42 Å². The average Bonchev–Trinajstić information content (AvgIpc) is 3.07. The fourth-order valence-electron chi connectivity index (χ4n) is 2.01. The zero-order valence-electron chi connectivity index (χ0n) is 15.5. The van der Waals surface area contributed by atoms with E-state index in [0.29, 0.717) is 17.4 Å². The molecule has 152 valence electrons. The van der Waals surface area contributed by atoms with Gasteiger partial charge in [0.15, 0.2) is 5.96 Å². The number of sulfonamides is 1. The smallest absolute Gasteiger partial charge is 0.264 e. The lowest BCUT2D eigenvalue weighted by Crippen LogP contribution is -2.41. The highest BCUT2D eigenvalue weighted by atomic mass is 32.2. The van der Waals surface area contributed by atoms with Gasteiger partial charge in [-0.15, -0.1) is 11.3 Å². The van der Waals surface area contributed by atoms with Gasteiger partial charge in [-0.1, -0.05) is 17.7 Å². The van der Waals surface area contributed by atoms with Gasteiger partial charge in [0.25, 0.3) is 10.0 Å². The van der Waals surface area contributed by atoms with Crippen molar-refractivity contribution < 1.29 is 8.42 Å². The molecule has 0 fully saturated rings. The van der Waals surface area contributed by atoms with Gasteiger partial charge in [-0.05, 0) is 19.1 Å². The second-order valence-corrected chi connectivity index (χ2v) is 9.25. The Kier molecular flexibility index (Phi) is 8.08. The molecule has 0 amide bonds. The van der Waals surface area contributed by atoms with Crippen LogP contribution in [0.1, 0.15) is 11.3 Å². The molecular weight excluding hydrogens is 418 g/mol. The van der Waals surface area contributed by atoms with Crippen LogP contribution in [0.2, 0.25) is 0 Å². The van der Waals surface area contributed by atoms with Gasteiger partial charge in [0, 0.05) is 30.5 Å². The molecule has 1 aromatic heterocycles. The summed E-state index contributed by atoms with van der Waals surface area (Å²) in [4.78, 5) is 12.4. The van der Waals surface area contributed by atoms with Crippen molar-refractivity contribution >= 4 is 50.2 Å². The number of nitrogens with zero attached hydrogens (tertiary/aromatic N) is 3. The number of nitrogens with two attached hydrogens (primary N) is 2. The van der Waals surface area contributed by atoms with Gasteiger partial charge in [0.1, 0.15) is 0 Å². The standard InChI is InChI=1S/C16H23N7O2S3/c1-11-3-5-13(6-4-11)28(24,25)23-15(19-2)20-7-8-26-9-12-10-27-16(21-12)22-14(17)18/h3-6,10H,7-9H2,1-2H3,(H2,19,20,23)(H4,17,18,21,22). The van der Waals surface area contributed by atoms with E-state index in [1.165, 1.54) is 18.4 Å². The molecule has 1 aromatic carbocycles. The number of aromatic nitrogens is 1. The molecule has 0 bridgehead atoms. The molecule has 0 unspecified atom stereocenters. The molecule has 1 heterocycles. The second kappa shape index (κ2) is 10.3. The number of nitrogens with one attached hydrogen (secondary N) is 2. The number of benzene rings is 1. The largest absolute Gasteiger partial charge is 0.370 e. The van der Waals surface area contributed by atoms with E-state index in [1.54, 1.807) is 36.0 Å². The number of thiazole rings is 1. The molecule has 0 aliphatic heterocycles. The summed E-state index contributed by atoms with van der Waals surface area (Å²) in [6.45, 7) is 2.44. The normalized spacial score (nSPS) is 11.9. The average molecular weight is 442 g/mol. The lowest BCUT2D eigenvalue weighted by Gasteiger charge is -2.12. The predicted molar refractivity (Wildman–Crippen MR) is 117 cm³/mol. The molecule has 2 aromatic rings. The van der Waals surface area contributed by atoms with Crippen LogP contribution in [0.4, 0.5) is 5.13 Å². The molecule has 0 aliphatic rings. The summed E-state index contributed by atoms with van der Waals surface area (Å²) >= 11 is 3.02. The Balaban J connectivity index is 1.77. The summed E-state index contributed by atoms with van der Waals surface area (Å²) in [7, 11) is -2.15. The van der Waals surface area contributed by atoms with E-state index in [-0.39, 0.29) is 16.8 Å². The third-order valence-corrected chi connectivity index (χ3v) is 6.47. The monoisotopic (exact) mass is 441 g/mol. The highest BCUT2D eigenvalue weighted by molar-refractivity contribution is 7.98. The van der Waals surface area contributed by atoms with Gasteiger partial charge < -0.3 is 16.8 Å². The minimum atomic E-state index is -3.67. The van der Waals surface area contributed by atoms with Crippen molar-refractivity contribution in [2.75, 3.05) is 19.3 Å². The third-order valence-electron chi connectivity index (χ3n) is 3.34. The SMILES string of the molecule is CN=C(NCCSCc1csc(N=C(N)N)n1)NS(=O)(=O)c1ccc(C)cc1. The Bertz CT molecular complexity index is 933. The van der Waals surface area contributed by atoms with Gasteiger partial charge in [0.05, 0.1) is 10.6 Å². The maximum atomic E-state index is 12.4. The number of guanidine groups is 2. The second-order valence-electron chi connectivity index (χ2n) is 5.63. The lowest BCUT2D eigenvalue weighted by atomic mass is 10.2. The number of thioether (sulfide) groups is 1. The van der Waals surface area contributed by atoms with Crippen molar-refractivity contribution in [3.8, 4) is 0 Å². The van der Waals surface area contributed by atoms with Crippen LogP contribution in [0, 0.1) is 6.92 Å². The molecule has 12 heteroatoms. The Morgan fingerprint density at radius 3 is 2.64 bits per heavy atom. The van der Waals surface area contributed by atoms with Crippen molar-refractivity contribution in [2.24, 2.45) is 21.5 Å². The maximum Gasteiger partial charge on any atom is 0.264 e. The van der Waals surface area contributed by atoms with Crippen LogP contribution >= 0.6 is 23.1 Å². The molecule has 2 rings (SSSR count). The van der Waals surface area contributed by atoms with E-state index in [1.807, 2.05) is 12.3 Å². The van der Waals surface area contributed by atoms with E-state index < -0.39 is 10.0 Å². The Morgan fingerprint density at radius 1 is 1.29 bits per heavy atom. The van der Waals surface area contributed by atoms with Gasteiger partial charge in [-0.3, -0.25) is 4.99 Å². The van der Waals surface area contributed by atoms with Crippen LogP contribution in [0.3, 0.4) is 0 Å². The lowest BCUT2D eigenvalue weighted by molar-refractivity contribution is 0.591. The van der Waals surface area contributed by atoms with E-state index in [0.717, 1.165) is 17.0 Å². The van der Waals surface area contributed by atoms with E-state index in [2.05, 4.69) is 25.0 Å². The first-order valence-corrected chi connectivity index (χ1v) is 11.7. The van der Waals surface area contributed by atoms with Crippen molar-refractivity contribution in [3.05, 3.63) is 40.9 Å². The molecule has 0 saturated carbocycles. The van der Waals surface area contributed by atoms with E-state index >= 15 is 0 Å². The third kappa shape index (κ3) is 7.02. The Morgan fingerprint density at radius 2 is 2.00 bits per heavy atom. The van der Waals surface area contributed by atoms with Gasteiger partial charge in [-0.25, -0.2) is 18.1 Å². The predicted octanol–water partition coefficient (Wildman–Crippen LogP) is 1.14. The molecule has 9 nitrogen and oxygen atoms in total. The van der Waals surface area contributed by atoms with Crippen LogP contribution < -0.4 is 21.5 Å². The number of aryl methyl sites for hydroxylation is 1. The summed E-state index contributed by atoms with van der Waals surface area (Å²) < 4.78 is 27.2. The fraction of sp³-hybridized carbons (Fsp3) is 0.312. The quantitative estimate of drug-likeness (QED) is 0.273. The molecule has 6 N–H and O–H groups in total. The van der Waals surface area contributed by atoms with E-state index in [4.69, 9.17) is 11.5 Å². The van der Waals surface area contributed by atoms with Crippen LogP contribution in [-0.4, -0.2) is 44.7 Å². The number of rotatable bonds is 8. The zero-order chi connectivity index (χ0) is 20.6. The Labute approximate surface area is 172 Å². The summed E-state index contributed by atoms with van der Waals surface area (Å²) in [5.74, 6) is 1.62. The molecule has 0 spiro atoms. The number of hydrogen-bond acceptors (Lipinski definition) is 7. The zero-order valence-corrected chi connectivity index (χ0v) is 18.0. The molecule has 0 saturated heterocycles. The fourth-order valence-corrected chi connectivity index (χ4v) is 4.60. The van der Waals surface area contributed by atoms with Crippen LogP contribution in [0.5, 0.6) is 0 Å². The molecule has 0 atom stereocenters. The van der Waals surface area contributed by atoms with Crippen molar-refractivity contribution in [3.63, 3.8) is 0 Å². The number of hydrogen-bond donors (Lipinski definition) is 4. The molecule has 0 radical (unpaired) electrons. The van der Waals surface area contributed by atoms with Gasteiger partial charge >= 0.3 is 0 Å². The minimum absolute atomic E-state index is 0.0165. The summed E-state index contributed by atoms with van der Waals surface area (Å²) in [5, 5.41) is 5.42. The van der Waals surface area contributed by atoms with Crippen LogP contribution in [0.15, 0.2) is 44.5 Å². The summed E-state index contributed by atoms with van der Waals surface area (Å²) in [6.07, 6.45) is 0. The molecular formula is C16H23N7O2S3. The van der Waals surface area contributed by atoms with Crippen molar-refractivity contribution in [2.45, 2.75) is 17.6 Å². The topological polar surface area (TPSA) is 148 Å².